The van der Waals surface area contributed by atoms with Crippen LogP contribution in [0.2, 0.25) is 0 Å². The third-order valence-corrected chi connectivity index (χ3v) is 7.77. The number of hydrogen-bond donors (Lipinski definition) is 4. The Balaban J connectivity index is 1.35. The van der Waals surface area contributed by atoms with Gasteiger partial charge in [-0.05, 0) is 67.3 Å². The molecule has 0 radical (unpaired) electrons. The summed E-state index contributed by atoms with van der Waals surface area (Å²) in [6, 6.07) is 2.37. The number of fused-ring (bicyclic) bond motifs is 3. The normalized spacial score (nSPS) is 20.6. The highest BCUT2D eigenvalue weighted by Crippen LogP contribution is 2.38. The molecule has 0 amide bonds. The topological polar surface area (TPSA) is 118 Å². The Bertz CT molecular complexity index is 1070. The zero-order valence-corrected chi connectivity index (χ0v) is 18.5. The van der Waals surface area contributed by atoms with Crippen LogP contribution in [0.5, 0.6) is 5.88 Å². The molecule has 5 rings (SSSR count). The summed E-state index contributed by atoms with van der Waals surface area (Å²) in [5.74, 6) is 0.204. The molecule has 2 heterocycles. The molecule has 0 spiro atoms. The van der Waals surface area contributed by atoms with E-state index in [1.165, 1.54) is 28.5 Å². The van der Waals surface area contributed by atoms with Crippen molar-refractivity contribution in [3.8, 4) is 5.88 Å². The fourth-order valence-electron chi connectivity index (χ4n) is 5.04. The first kappa shape index (κ1) is 20.7. The molecule has 10 heteroatoms. The van der Waals surface area contributed by atoms with Gasteiger partial charge in [0.2, 0.25) is 5.88 Å². The summed E-state index contributed by atoms with van der Waals surface area (Å²) in [6.07, 6.45) is 5.96. The number of sulfonamides is 1. The van der Waals surface area contributed by atoms with E-state index < -0.39 is 16.4 Å². The Hall–Kier alpha value is -2.14. The number of ether oxygens (including phenoxy) is 1. The first-order valence-corrected chi connectivity index (χ1v) is 12.5. The van der Waals surface area contributed by atoms with E-state index in [9.17, 15) is 13.5 Å². The summed E-state index contributed by atoms with van der Waals surface area (Å²) < 4.78 is 35.5. The van der Waals surface area contributed by atoms with Gasteiger partial charge in [0.05, 0.1) is 18.8 Å². The molecule has 4 N–H and O–H groups in total. The summed E-state index contributed by atoms with van der Waals surface area (Å²) in [4.78, 5) is -0.0631. The molecule has 9 nitrogen and oxygen atoms in total. The molecule has 1 aliphatic heterocycles. The predicted octanol–water partition coefficient (Wildman–Crippen LogP) is 0.897. The van der Waals surface area contributed by atoms with E-state index in [1.54, 1.807) is 4.68 Å². The number of nitrogens with zero attached hydrogens (tertiary/aromatic N) is 2. The fourth-order valence-corrected chi connectivity index (χ4v) is 6.10. The third kappa shape index (κ3) is 3.82. The van der Waals surface area contributed by atoms with Crippen molar-refractivity contribution in [2.24, 2.45) is 0 Å². The summed E-state index contributed by atoms with van der Waals surface area (Å²) in [5, 5.41) is 21.1. The lowest BCUT2D eigenvalue weighted by Gasteiger charge is -2.25. The molecule has 2 aliphatic carbocycles. The predicted molar refractivity (Wildman–Crippen MR) is 116 cm³/mol. The number of anilines is 1. The van der Waals surface area contributed by atoms with Gasteiger partial charge in [-0.2, -0.15) is 9.82 Å². The summed E-state index contributed by atoms with van der Waals surface area (Å²) in [6.45, 7) is 3.69. The van der Waals surface area contributed by atoms with Crippen LogP contribution >= 0.6 is 0 Å². The van der Waals surface area contributed by atoms with E-state index >= 15 is 0 Å². The highest BCUT2D eigenvalue weighted by atomic mass is 32.2. The van der Waals surface area contributed by atoms with Gasteiger partial charge in [0.25, 0.3) is 10.0 Å². The van der Waals surface area contributed by atoms with Crippen LogP contribution in [0.15, 0.2) is 17.2 Å². The highest BCUT2D eigenvalue weighted by Gasteiger charge is 2.32. The second kappa shape index (κ2) is 8.09. The van der Waals surface area contributed by atoms with Crippen LogP contribution < -0.4 is 20.1 Å². The van der Waals surface area contributed by atoms with Crippen molar-refractivity contribution < 1.29 is 18.3 Å². The maximum absolute atomic E-state index is 13.0. The van der Waals surface area contributed by atoms with Crippen LogP contribution in [0.1, 0.15) is 42.0 Å². The molecule has 0 bridgehead atoms. The largest absolute Gasteiger partial charge is 0.475 e. The van der Waals surface area contributed by atoms with Gasteiger partial charge in [-0.25, -0.2) is 13.1 Å². The summed E-state index contributed by atoms with van der Waals surface area (Å²) >= 11 is 0. The third-order valence-electron chi connectivity index (χ3n) is 6.38. The number of aliphatic hydroxyl groups excluding tert-OH is 1. The summed E-state index contributed by atoms with van der Waals surface area (Å²) in [5.41, 5.74) is 5.94. The van der Waals surface area contributed by atoms with Crippen molar-refractivity contribution >= 4 is 15.7 Å². The first-order valence-electron chi connectivity index (χ1n) is 11.0. The maximum Gasteiger partial charge on any atom is 0.251 e. The fraction of sp³-hybridized carbons (Fsp3) is 0.571. The average molecular weight is 448 g/mol. The Morgan fingerprint density at radius 3 is 2.61 bits per heavy atom. The Kier molecular flexibility index (Phi) is 5.41. The molecule has 2 aromatic rings. The van der Waals surface area contributed by atoms with E-state index in [1.807, 2.05) is 6.92 Å². The van der Waals surface area contributed by atoms with Gasteiger partial charge < -0.3 is 20.5 Å². The van der Waals surface area contributed by atoms with Crippen LogP contribution in [0, 0.1) is 0 Å². The second-order valence-corrected chi connectivity index (χ2v) is 10.1. The zero-order valence-electron chi connectivity index (χ0n) is 17.6. The van der Waals surface area contributed by atoms with Crippen LogP contribution in [-0.4, -0.2) is 48.9 Å². The van der Waals surface area contributed by atoms with E-state index in [-0.39, 0.29) is 16.8 Å². The zero-order chi connectivity index (χ0) is 21.6. The second-order valence-electron chi connectivity index (χ2n) is 8.46. The van der Waals surface area contributed by atoms with Crippen LogP contribution in [-0.2, 0) is 42.3 Å². The molecule has 1 aromatic carbocycles. The molecule has 0 fully saturated rings. The molecular formula is C21H29N5O4S. The highest BCUT2D eigenvalue weighted by molar-refractivity contribution is 7.89. The minimum atomic E-state index is -4.03. The van der Waals surface area contributed by atoms with Crippen LogP contribution in [0.3, 0.4) is 0 Å². The number of aromatic nitrogens is 2. The van der Waals surface area contributed by atoms with Crippen molar-refractivity contribution in [1.82, 2.24) is 19.8 Å². The van der Waals surface area contributed by atoms with Gasteiger partial charge in [0, 0.05) is 5.69 Å². The van der Waals surface area contributed by atoms with Crippen molar-refractivity contribution in [2.75, 3.05) is 18.5 Å². The molecule has 2 atom stereocenters. The number of likely N-dealkylation sites (N-methyl/N-ethyl adjacent to an activating group) is 1. The molecule has 3 aliphatic rings. The number of nitrogens with one attached hydrogen (secondary N) is 3. The number of hydrogen-bond acceptors (Lipinski definition) is 7. The van der Waals surface area contributed by atoms with Crippen LogP contribution in [0.25, 0.3) is 0 Å². The molecule has 168 valence electrons. The molecule has 2 unspecified atom stereocenters. The lowest BCUT2D eigenvalue weighted by atomic mass is 9.99. The van der Waals surface area contributed by atoms with Crippen molar-refractivity contribution in [1.29, 1.82) is 0 Å². The van der Waals surface area contributed by atoms with Crippen molar-refractivity contribution in [3.63, 3.8) is 0 Å². The lowest BCUT2D eigenvalue weighted by Crippen LogP contribution is -2.43. The molecule has 0 saturated carbocycles. The van der Waals surface area contributed by atoms with Gasteiger partial charge in [-0.1, -0.05) is 13.0 Å². The molecular weight excluding hydrogens is 418 g/mol. The Morgan fingerprint density at radius 1 is 1.23 bits per heavy atom. The number of benzene rings is 1. The Labute approximate surface area is 182 Å². The van der Waals surface area contributed by atoms with Crippen molar-refractivity contribution in [2.45, 2.75) is 69.3 Å². The van der Waals surface area contributed by atoms with E-state index in [2.05, 4.69) is 26.5 Å². The molecule has 31 heavy (non-hydrogen) atoms. The van der Waals surface area contributed by atoms with Crippen molar-refractivity contribution in [3.05, 3.63) is 34.5 Å². The van der Waals surface area contributed by atoms with Gasteiger partial charge in [-0.15, -0.1) is 0 Å². The molecule has 0 saturated heterocycles. The number of aryl methyl sites for hydroxylation is 2. The average Bonchev–Trinajstić information content (AvgIpc) is 3.46. The van der Waals surface area contributed by atoms with E-state index in [4.69, 9.17) is 4.74 Å². The summed E-state index contributed by atoms with van der Waals surface area (Å²) in [7, 11) is -4.03. The standard InChI is InChI=1S/C21H29N5O4S/c1-2-22-15-11-26-20(30-12-15)18(10-23-26)31(28,29)25-21(27)24-19-16-7-3-5-13(16)9-14-6-4-8-17(14)19/h9-10,15,21-22,24-25,27H,2-8,11-12H2,1H3. The minimum Gasteiger partial charge on any atom is -0.475 e. The molecule has 1 aromatic heterocycles. The smallest absolute Gasteiger partial charge is 0.251 e. The van der Waals surface area contributed by atoms with Gasteiger partial charge in [0.1, 0.15) is 6.61 Å². The Morgan fingerprint density at radius 2 is 1.94 bits per heavy atom. The van der Waals surface area contributed by atoms with E-state index in [0.717, 1.165) is 50.8 Å². The van der Waals surface area contributed by atoms with Gasteiger partial charge in [-0.3, -0.25) is 0 Å². The van der Waals surface area contributed by atoms with Gasteiger partial charge >= 0.3 is 0 Å². The minimum absolute atomic E-state index is 0.0631. The SMILES string of the molecule is CCNC1COc2c(S(=O)(=O)NC(O)Nc3c4c(cc5c3CCC5)CCC4)cnn2C1. The number of rotatable bonds is 7. The quantitative estimate of drug-likeness (QED) is 0.466. The monoisotopic (exact) mass is 447 g/mol. The lowest BCUT2D eigenvalue weighted by molar-refractivity contribution is 0.179. The maximum atomic E-state index is 13.0. The first-order chi connectivity index (χ1) is 15.0. The van der Waals surface area contributed by atoms with E-state index in [0.29, 0.717) is 13.2 Å². The van der Waals surface area contributed by atoms with Crippen LogP contribution in [0.4, 0.5) is 5.69 Å². The van der Waals surface area contributed by atoms with Gasteiger partial charge in [0.15, 0.2) is 11.2 Å². The number of aliphatic hydroxyl groups is 1.